The molecule has 4 heteroatoms. The van der Waals surface area contributed by atoms with Crippen LogP contribution in [0.1, 0.15) is 18.9 Å². The molecule has 0 bridgehead atoms. The van der Waals surface area contributed by atoms with Gasteiger partial charge in [-0.15, -0.1) is 0 Å². The highest BCUT2D eigenvalue weighted by molar-refractivity contribution is 5.91. The standard InChI is InChI=1S/C18H19NO3/c1-14(20)7-8-15-9-11-17(12-10-15)22-13-18(21)19-16-5-3-2-4-6-16/h2-6,9-12H,7-8,13H2,1H3,(H,19,21). The van der Waals surface area contributed by atoms with Crippen LogP contribution in [-0.4, -0.2) is 18.3 Å². The molecule has 0 aliphatic rings. The van der Waals surface area contributed by atoms with E-state index in [1.807, 2.05) is 54.6 Å². The summed E-state index contributed by atoms with van der Waals surface area (Å²) in [5.41, 5.74) is 1.83. The van der Waals surface area contributed by atoms with E-state index in [0.29, 0.717) is 12.2 Å². The number of ketones is 1. The van der Waals surface area contributed by atoms with Crippen molar-refractivity contribution in [2.75, 3.05) is 11.9 Å². The summed E-state index contributed by atoms with van der Waals surface area (Å²) in [6.07, 6.45) is 1.27. The zero-order chi connectivity index (χ0) is 15.8. The van der Waals surface area contributed by atoms with Gasteiger partial charge in [0.05, 0.1) is 0 Å². The van der Waals surface area contributed by atoms with Crippen LogP contribution in [0.2, 0.25) is 0 Å². The molecule has 2 aromatic carbocycles. The second-order valence-corrected chi connectivity index (χ2v) is 5.05. The summed E-state index contributed by atoms with van der Waals surface area (Å²) in [5.74, 6) is 0.611. The van der Waals surface area contributed by atoms with Gasteiger partial charge in [0.15, 0.2) is 6.61 Å². The number of Topliss-reactive ketones (excluding diaryl/α,β-unsaturated/α-hetero) is 1. The predicted octanol–water partition coefficient (Wildman–Crippen LogP) is 3.23. The molecule has 0 aliphatic carbocycles. The molecule has 1 N–H and O–H groups in total. The molecule has 0 aromatic heterocycles. The quantitative estimate of drug-likeness (QED) is 0.853. The van der Waals surface area contributed by atoms with Gasteiger partial charge in [0.2, 0.25) is 0 Å². The molecule has 0 saturated heterocycles. The fourth-order valence-corrected chi connectivity index (χ4v) is 1.94. The van der Waals surface area contributed by atoms with Crippen molar-refractivity contribution in [1.29, 1.82) is 0 Å². The fourth-order valence-electron chi connectivity index (χ4n) is 1.94. The van der Waals surface area contributed by atoms with Gasteiger partial charge in [-0.05, 0) is 43.2 Å². The van der Waals surface area contributed by atoms with Crippen LogP contribution in [0.25, 0.3) is 0 Å². The van der Waals surface area contributed by atoms with Gasteiger partial charge in [0.25, 0.3) is 5.91 Å². The van der Waals surface area contributed by atoms with Crippen molar-refractivity contribution in [2.24, 2.45) is 0 Å². The van der Waals surface area contributed by atoms with Crippen LogP contribution in [0.3, 0.4) is 0 Å². The lowest BCUT2D eigenvalue weighted by molar-refractivity contribution is -0.118. The van der Waals surface area contributed by atoms with Gasteiger partial charge in [-0.1, -0.05) is 30.3 Å². The smallest absolute Gasteiger partial charge is 0.262 e. The van der Waals surface area contributed by atoms with Crippen LogP contribution < -0.4 is 10.1 Å². The molecular weight excluding hydrogens is 278 g/mol. The Morgan fingerprint density at radius 2 is 1.68 bits per heavy atom. The summed E-state index contributed by atoms with van der Waals surface area (Å²) in [6, 6.07) is 16.7. The maximum Gasteiger partial charge on any atom is 0.262 e. The second kappa shape index (κ2) is 7.98. The maximum absolute atomic E-state index is 11.8. The molecule has 22 heavy (non-hydrogen) atoms. The lowest BCUT2D eigenvalue weighted by Gasteiger charge is -2.08. The maximum atomic E-state index is 11.8. The largest absolute Gasteiger partial charge is 0.484 e. The Hall–Kier alpha value is -2.62. The van der Waals surface area contributed by atoms with Gasteiger partial charge in [0.1, 0.15) is 11.5 Å². The Kier molecular flexibility index (Phi) is 5.72. The Balaban J connectivity index is 1.79. The molecule has 0 spiro atoms. The SMILES string of the molecule is CC(=O)CCc1ccc(OCC(=O)Nc2ccccc2)cc1. The molecular formula is C18H19NO3. The lowest BCUT2D eigenvalue weighted by atomic mass is 10.1. The second-order valence-electron chi connectivity index (χ2n) is 5.05. The molecule has 0 unspecified atom stereocenters. The van der Waals surface area contributed by atoms with Crippen molar-refractivity contribution in [2.45, 2.75) is 19.8 Å². The number of amides is 1. The first-order valence-electron chi connectivity index (χ1n) is 7.19. The third kappa shape index (κ3) is 5.40. The van der Waals surface area contributed by atoms with Crippen LogP contribution in [-0.2, 0) is 16.0 Å². The van der Waals surface area contributed by atoms with Crippen molar-refractivity contribution in [3.63, 3.8) is 0 Å². The molecule has 4 nitrogen and oxygen atoms in total. The van der Waals surface area contributed by atoms with Crippen LogP contribution >= 0.6 is 0 Å². The van der Waals surface area contributed by atoms with E-state index in [2.05, 4.69) is 5.32 Å². The van der Waals surface area contributed by atoms with Crippen molar-refractivity contribution in [3.05, 3.63) is 60.2 Å². The molecule has 114 valence electrons. The first kappa shape index (κ1) is 15.8. The summed E-state index contributed by atoms with van der Waals surface area (Å²) in [5, 5.41) is 2.75. The summed E-state index contributed by atoms with van der Waals surface area (Å²) in [7, 11) is 0. The Morgan fingerprint density at radius 3 is 2.32 bits per heavy atom. The van der Waals surface area contributed by atoms with Crippen LogP contribution in [0.4, 0.5) is 5.69 Å². The minimum atomic E-state index is -0.202. The number of anilines is 1. The van der Waals surface area contributed by atoms with Crippen LogP contribution in [0.5, 0.6) is 5.75 Å². The number of carbonyl (C=O) groups excluding carboxylic acids is 2. The molecule has 0 saturated carbocycles. The minimum Gasteiger partial charge on any atom is -0.484 e. The van der Waals surface area contributed by atoms with E-state index in [1.54, 1.807) is 6.92 Å². The van der Waals surface area contributed by atoms with E-state index in [9.17, 15) is 9.59 Å². The Labute approximate surface area is 130 Å². The molecule has 2 rings (SSSR count). The van der Waals surface area contributed by atoms with Crippen molar-refractivity contribution in [3.8, 4) is 5.75 Å². The van der Waals surface area contributed by atoms with Crippen molar-refractivity contribution < 1.29 is 14.3 Å². The van der Waals surface area contributed by atoms with Crippen molar-refractivity contribution in [1.82, 2.24) is 0 Å². The first-order valence-corrected chi connectivity index (χ1v) is 7.19. The topological polar surface area (TPSA) is 55.4 Å². The van der Waals surface area contributed by atoms with Gasteiger partial charge in [-0.2, -0.15) is 0 Å². The number of benzene rings is 2. The minimum absolute atomic E-state index is 0.0400. The zero-order valence-corrected chi connectivity index (χ0v) is 12.5. The number of nitrogens with one attached hydrogen (secondary N) is 1. The first-order chi connectivity index (χ1) is 10.6. The molecule has 0 aliphatic heterocycles. The van der Waals surface area contributed by atoms with Gasteiger partial charge in [-0.25, -0.2) is 0 Å². The third-order valence-electron chi connectivity index (χ3n) is 3.12. The summed E-state index contributed by atoms with van der Waals surface area (Å²) in [6.45, 7) is 1.55. The van der Waals surface area contributed by atoms with E-state index < -0.39 is 0 Å². The zero-order valence-electron chi connectivity index (χ0n) is 12.5. The van der Waals surface area contributed by atoms with Gasteiger partial charge < -0.3 is 14.8 Å². The summed E-state index contributed by atoms with van der Waals surface area (Å²) < 4.78 is 5.44. The molecule has 0 heterocycles. The normalized spacial score (nSPS) is 10.0. The number of carbonyl (C=O) groups is 2. The van der Waals surface area contributed by atoms with Gasteiger partial charge >= 0.3 is 0 Å². The Morgan fingerprint density at radius 1 is 1.00 bits per heavy atom. The number of ether oxygens (including phenoxy) is 1. The fraction of sp³-hybridized carbons (Fsp3) is 0.222. The number of rotatable bonds is 7. The number of aryl methyl sites for hydroxylation is 1. The predicted molar refractivity (Wildman–Crippen MR) is 86.0 cm³/mol. The average Bonchev–Trinajstić information content (AvgIpc) is 2.53. The van der Waals surface area contributed by atoms with Gasteiger partial charge in [-0.3, -0.25) is 4.79 Å². The Bertz CT molecular complexity index is 621. The molecule has 0 radical (unpaired) electrons. The average molecular weight is 297 g/mol. The molecule has 1 amide bonds. The highest BCUT2D eigenvalue weighted by Crippen LogP contribution is 2.14. The molecule has 2 aromatic rings. The van der Waals surface area contributed by atoms with E-state index in [1.165, 1.54) is 0 Å². The third-order valence-corrected chi connectivity index (χ3v) is 3.12. The summed E-state index contributed by atoms with van der Waals surface area (Å²) >= 11 is 0. The summed E-state index contributed by atoms with van der Waals surface area (Å²) in [4.78, 5) is 22.7. The van der Waals surface area contributed by atoms with Crippen LogP contribution in [0, 0.1) is 0 Å². The lowest BCUT2D eigenvalue weighted by Crippen LogP contribution is -2.20. The van der Waals surface area contributed by atoms with Gasteiger partial charge in [0, 0.05) is 12.1 Å². The van der Waals surface area contributed by atoms with E-state index in [0.717, 1.165) is 17.7 Å². The molecule has 0 atom stereocenters. The number of hydrogen-bond acceptors (Lipinski definition) is 3. The van der Waals surface area contributed by atoms with Crippen LogP contribution in [0.15, 0.2) is 54.6 Å². The number of hydrogen-bond donors (Lipinski definition) is 1. The van der Waals surface area contributed by atoms with Crippen molar-refractivity contribution >= 4 is 17.4 Å². The van der Waals surface area contributed by atoms with E-state index >= 15 is 0 Å². The molecule has 0 fully saturated rings. The number of para-hydroxylation sites is 1. The van der Waals surface area contributed by atoms with E-state index in [-0.39, 0.29) is 18.3 Å². The van der Waals surface area contributed by atoms with E-state index in [4.69, 9.17) is 4.74 Å². The monoisotopic (exact) mass is 297 g/mol. The highest BCUT2D eigenvalue weighted by atomic mass is 16.5. The highest BCUT2D eigenvalue weighted by Gasteiger charge is 2.04.